The molecule has 0 aromatic heterocycles. The second-order valence-corrected chi connectivity index (χ2v) is 9.10. The molecule has 1 aliphatic heterocycles. The highest BCUT2D eigenvalue weighted by atomic mass is 32.2. The first-order valence-electron chi connectivity index (χ1n) is 11.1. The van der Waals surface area contributed by atoms with Gasteiger partial charge in [0.05, 0.1) is 11.5 Å². The van der Waals surface area contributed by atoms with E-state index in [0.29, 0.717) is 38.3 Å². The molecule has 170 valence electrons. The van der Waals surface area contributed by atoms with Gasteiger partial charge in [-0.3, -0.25) is 4.79 Å². The van der Waals surface area contributed by atoms with Crippen molar-refractivity contribution in [3.63, 3.8) is 0 Å². The Bertz CT molecular complexity index is 899. The van der Waals surface area contributed by atoms with Gasteiger partial charge in [0, 0.05) is 25.6 Å². The molecule has 1 atom stereocenters. The molecule has 1 unspecified atom stereocenters. The Morgan fingerprint density at radius 3 is 2.42 bits per heavy atom. The summed E-state index contributed by atoms with van der Waals surface area (Å²) < 4.78 is 32.8. The molecule has 3 rings (SSSR count). The molecular formula is C24H34N2O4S. The van der Waals surface area contributed by atoms with E-state index >= 15 is 0 Å². The average molecular weight is 447 g/mol. The highest BCUT2D eigenvalue weighted by Gasteiger charge is 2.30. The number of carbonyl (C=O) groups excluding carboxylic acids is 1. The van der Waals surface area contributed by atoms with Crippen molar-refractivity contribution in [3.05, 3.63) is 60.2 Å². The maximum Gasteiger partial charge on any atom is 0.243 e. The predicted octanol–water partition coefficient (Wildman–Crippen LogP) is 4.01. The van der Waals surface area contributed by atoms with Gasteiger partial charge in [-0.2, -0.15) is 4.31 Å². The fourth-order valence-corrected chi connectivity index (χ4v) is 5.03. The van der Waals surface area contributed by atoms with Crippen molar-refractivity contribution in [1.82, 2.24) is 9.62 Å². The molecule has 1 aliphatic rings. The van der Waals surface area contributed by atoms with Crippen molar-refractivity contribution in [1.29, 1.82) is 0 Å². The van der Waals surface area contributed by atoms with Crippen LogP contribution in [-0.4, -0.2) is 44.4 Å². The summed E-state index contributed by atoms with van der Waals surface area (Å²) in [5.74, 6) is 0.604. The number of amides is 1. The largest absolute Gasteiger partial charge is 0.494 e. The Kier molecular flexibility index (Phi) is 10.0. The third-order valence-electron chi connectivity index (χ3n) is 5.01. The smallest absolute Gasteiger partial charge is 0.243 e. The van der Waals surface area contributed by atoms with E-state index in [9.17, 15) is 13.2 Å². The minimum atomic E-state index is -3.59. The topological polar surface area (TPSA) is 75.7 Å². The SMILES string of the molecule is CC.CCOc1ccc(S(=O)(=O)N2CCCC(NC(=O)CCc3ccccc3)C2)cc1. The molecule has 0 radical (unpaired) electrons. The minimum Gasteiger partial charge on any atom is -0.494 e. The molecule has 1 saturated heterocycles. The number of carbonyl (C=O) groups is 1. The van der Waals surface area contributed by atoms with E-state index in [0.717, 1.165) is 18.4 Å². The van der Waals surface area contributed by atoms with Crippen LogP contribution < -0.4 is 10.1 Å². The van der Waals surface area contributed by atoms with Crippen molar-refractivity contribution in [2.45, 2.75) is 57.4 Å². The van der Waals surface area contributed by atoms with Gasteiger partial charge in [0.25, 0.3) is 0 Å². The van der Waals surface area contributed by atoms with Crippen LogP contribution in [0.25, 0.3) is 0 Å². The second-order valence-electron chi connectivity index (χ2n) is 7.16. The summed E-state index contributed by atoms with van der Waals surface area (Å²) in [6, 6.07) is 16.2. The maximum atomic E-state index is 13.0. The van der Waals surface area contributed by atoms with Crippen molar-refractivity contribution >= 4 is 15.9 Å². The van der Waals surface area contributed by atoms with E-state index in [1.54, 1.807) is 24.3 Å². The van der Waals surface area contributed by atoms with Crippen molar-refractivity contribution in [2.24, 2.45) is 0 Å². The van der Waals surface area contributed by atoms with Gasteiger partial charge < -0.3 is 10.1 Å². The number of piperidine rings is 1. The Morgan fingerprint density at radius 2 is 1.77 bits per heavy atom. The Morgan fingerprint density at radius 1 is 1.10 bits per heavy atom. The number of aryl methyl sites for hydroxylation is 1. The zero-order valence-corrected chi connectivity index (χ0v) is 19.5. The highest BCUT2D eigenvalue weighted by Crippen LogP contribution is 2.23. The van der Waals surface area contributed by atoms with Gasteiger partial charge in [0.2, 0.25) is 15.9 Å². The molecule has 0 bridgehead atoms. The monoisotopic (exact) mass is 446 g/mol. The van der Waals surface area contributed by atoms with Crippen LogP contribution in [0.15, 0.2) is 59.5 Å². The van der Waals surface area contributed by atoms with Crippen LogP contribution in [0.1, 0.15) is 45.6 Å². The van der Waals surface area contributed by atoms with Crippen LogP contribution in [0.2, 0.25) is 0 Å². The van der Waals surface area contributed by atoms with Gasteiger partial charge in [0.1, 0.15) is 5.75 Å². The van der Waals surface area contributed by atoms with Gasteiger partial charge in [-0.25, -0.2) is 8.42 Å². The molecule has 0 aliphatic carbocycles. The first kappa shape index (κ1) is 24.9. The summed E-state index contributed by atoms with van der Waals surface area (Å²) >= 11 is 0. The van der Waals surface area contributed by atoms with Gasteiger partial charge in [0.15, 0.2) is 0 Å². The summed E-state index contributed by atoms with van der Waals surface area (Å²) in [4.78, 5) is 12.6. The zero-order valence-electron chi connectivity index (χ0n) is 18.7. The summed E-state index contributed by atoms with van der Waals surface area (Å²) in [6.07, 6.45) is 2.58. The number of nitrogens with one attached hydrogen (secondary N) is 1. The zero-order chi connectivity index (χ0) is 22.7. The molecule has 0 saturated carbocycles. The van der Waals surface area contributed by atoms with Crippen molar-refractivity contribution < 1.29 is 17.9 Å². The van der Waals surface area contributed by atoms with Gasteiger partial charge in [-0.15, -0.1) is 0 Å². The quantitative estimate of drug-likeness (QED) is 0.665. The molecule has 6 nitrogen and oxygen atoms in total. The van der Waals surface area contributed by atoms with E-state index in [2.05, 4.69) is 5.32 Å². The number of benzene rings is 2. The lowest BCUT2D eigenvalue weighted by molar-refractivity contribution is -0.122. The lowest BCUT2D eigenvalue weighted by Crippen LogP contribution is -2.49. The van der Waals surface area contributed by atoms with Crippen LogP contribution in [0.4, 0.5) is 0 Å². The highest BCUT2D eigenvalue weighted by molar-refractivity contribution is 7.89. The molecule has 31 heavy (non-hydrogen) atoms. The van der Waals surface area contributed by atoms with E-state index in [4.69, 9.17) is 4.74 Å². The van der Waals surface area contributed by atoms with Gasteiger partial charge >= 0.3 is 0 Å². The van der Waals surface area contributed by atoms with E-state index in [1.807, 2.05) is 51.1 Å². The Balaban J connectivity index is 0.00000166. The standard InChI is InChI=1S/C22H28N2O4S.C2H6/c1-2-28-20-11-13-21(14-12-20)29(26,27)24-16-6-9-19(17-24)23-22(25)15-10-18-7-4-3-5-8-18;1-2/h3-5,7-8,11-14,19H,2,6,9-10,15-17H2,1H3,(H,23,25);1-2H3. The third-order valence-corrected chi connectivity index (χ3v) is 6.88. The summed E-state index contributed by atoms with van der Waals surface area (Å²) in [5.41, 5.74) is 1.12. The molecule has 1 amide bonds. The fraction of sp³-hybridized carbons (Fsp3) is 0.458. The summed E-state index contributed by atoms with van der Waals surface area (Å²) in [5, 5.41) is 3.00. The molecule has 1 heterocycles. The molecule has 1 fully saturated rings. The molecule has 7 heteroatoms. The summed E-state index contributed by atoms with van der Waals surface area (Å²) in [7, 11) is -3.59. The fourth-order valence-electron chi connectivity index (χ4n) is 3.50. The van der Waals surface area contributed by atoms with E-state index < -0.39 is 10.0 Å². The van der Waals surface area contributed by atoms with Crippen LogP contribution in [0, 0.1) is 0 Å². The minimum absolute atomic E-state index is 0.0424. The molecule has 0 spiro atoms. The van der Waals surface area contributed by atoms with Crippen molar-refractivity contribution in [3.8, 4) is 5.75 Å². The third kappa shape index (κ3) is 7.36. The van der Waals surface area contributed by atoms with Crippen molar-refractivity contribution in [2.75, 3.05) is 19.7 Å². The lowest BCUT2D eigenvalue weighted by atomic mass is 10.1. The molecular weight excluding hydrogens is 412 g/mol. The first-order chi connectivity index (χ1) is 15.0. The molecule has 1 N–H and O–H groups in total. The average Bonchev–Trinajstić information content (AvgIpc) is 2.80. The number of ether oxygens (including phenoxy) is 1. The van der Waals surface area contributed by atoms with Crippen LogP contribution in [-0.2, 0) is 21.2 Å². The van der Waals surface area contributed by atoms with E-state index in [1.165, 1.54) is 4.31 Å². The van der Waals surface area contributed by atoms with Gasteiger partial charge in [-0.1, -0.05) is 44.2 Å². The van der Waals surface area contributed by atoms with Gasteiger partial charge in [-0.05, 0) is 56.0 Å². The lowest BCUT2D eigenvalue weighted by Gasteiger charge is -2.32. The Hall–Kier alpha value is -2.38. The van der Waals surface area contributed by atoms with Crippen LogP contribution >= 0.6 is 0 Å². The number of rotatable bonds is 8. The maximum absolute atomic E-state index is 13.0. The number of sulfonamides is 1. The first-order valence-corrected chi connectivity index (χ1v) is 12.5. The number of hydrogen-bond donors (Lipinski definition) is 1. The van der Waals surface area contributed by atoms with E-state index in [-0.39, 0.29) is 16.8 Å². The Labute approximate surface area is 186 Å². The van der Waals surface area contributed by atoms with Crippen LogP contribution in [0.3, 0.4) is 0 Å². The van der Waals surface area contributed by atoms with Crippen LogP contribution in [0.5, 0.6) is 5.75 Å². The molecule has 2 aromatic rings. The second kappa shape index (κ2) is 12.5. The normalized spacial score (nSPS) is 16.7. The number of hydrogen-bond acceptors (Lipinski definition) is 4. The predicted molar refractivity (Wildman–Crippen MR) is 124 cm³/mol. The molecule has 2 aromatic carbocycles. The number of nitrogens with zero attached hydrogens (tertiary/aromatic N) is 1. The summed E-state index contributed by atoms with van der Waals surface area (Å²) in [6.45, 7) is 7.18.